The van der Waals surface area contributed by atoms with Gasteiger partial charge in [0.2, 0.25) is 0 Å². The maximum absolute atomic E-state index is 5.67. The van der Waals surface area contributed by atoms with E-state index in [0.717, 1.165) is 6.42 Å². The van der Waals surface area contributed by atoms with E-state index in [4.69, 9.17) is 5.73 Å². The summed E-state index contributed by atoms with van der Waals surface area (Å²) in [5.41, 5.74) is 6.84. The molecule has 1 aliphatic heterocycles. The van der Waals surface area contributed by atoms with E-state index in [0.29, 0.717) is 25.0 Å². The van der Waals surface area contributed by atoms with Gasteiger partial charge in [-0.1, -0.05) is 0 Å². The Morgan fingerprint density at radius 2 is 2.47 bits per heavy atom. The van der Waals surface area contributed by atoms with Gasteiger partial charge in [0.1, 0.15) is 0 Å². The summed E-state index contributed by atoms with van der Waals surface area (Å²) in [6, 6.07) is 4.27. The van der Waals surface area contributed by atoms with E-state index in [2.05, 4.69) is 25.6 Å². The summed E-state index contributed by atoms with van der Waals surface area (Å²) in [7, 11) is 0. The number of nitrogens with one attached hydrogen (secondary N) is 3. The molecular formula is C11H18N6. The van der Waals surface area contributed by atoms with Crippen LogP contribution in [-0.4, -0.2) is 36.0 Å². The van der Waals surface area contributed by atoms with Crippen LogP contribution in [-0.2, 0) is 6.42 Å². The molecule has 5 N–H and O–H groups in total. The van der Waals surface area contributed by atoms with Gasteiger partial charge in [0, 0.05) is 30.9 Å². The molecule has 0 aliphatic carbocycles. The van der Waals surface area contributed by atoms with E-state index in [9.17, 15) is 0 Å². The third-order valence-corrected chi connectivity index (χ3v) is 2.48. The SMILES string of the molecule is CC1CN=C(N)NC(=NCCc2ccc[nH]2)N1. The average molecular weight is 234 g/mol. The highest BCUT2D eigenvalue weighted by Gasteiger charge is 2.10. The van der Waals surface area contributed by atoms with Gasteiger partial charge in [-0.25, -0.2) is 0 Å². The lowest BCUT2D eigenvalue weighted by molar-refractivity contribution is 0.675. The molecule has 2 rings (SSSR count). The molecule has 2 heterocycles. The lowest BCUT2D eigenvalue weighted by atomic mass is 10.3. The van der Waals surface area contributed by atoms with Crippen molar-refractivity contribution in [3.05, 3.63) is 24.0 Å². The van der Waals surface area contributed by atoms with E-state index in [1.807, 2.05) is 25.3 Å². The standard InChI is InChI=1S/C11H18N6/c1-8-7-15-10(12)17-11(16-8)14-6-4-9-3-2-5-13-9/h2-3,5,8,13H,4,6-7H2,1H3,(H4,12,14,15,16,17). The molecule has 6 heteroatoms. The fraction of sp³-hybridized carbons (Fsp3) is 0.455. The normalized spacial score (nSPS) is 22.5. The molecule has 1 aromatic heterocycles. The second-order valence-electron chi connectivity index (χ2n) is 4.07. The molecule has 0 fully saturated rings. The molecule has 0 amide bonds. The summed E-state index contributed by atoms with van der Waals surface area (Å²) in [5, 5.41) is 6.17. The second kappa shape index (κ2) is 5.38. The maximum Gasteiger partial charge on any atom is 0.198 e. The molecule has 0 saturated heterocycles. The largest absolute Gasteiger partial charge is 0.370 e. The van der Waals surface area contributed by atoms with Crippen molar-refractivity contribution >= 4 is 11.9 Å². The first-order chi connectivity index (χ1) is 8.24. The average Bonchev–Trinajstić information content (AvgIpc) is 2.73. The molecule has 92 valence electrons. The highest BCUT2D eigenvalue weighted by molar-refractivity contribution is 5.98. The Hall–Kier alpha value is -1.98. The van der Waals surface area contributed by atoms with Crippen LogP contribution in [0.5, 0.6) is 0 Å². The predicted molar refractivity (Wildman–Crippen MR) is 69.0 cm³/mol. The first-order valence-corrected chi connectivity index (χ1v) is 5.74. The van der Waals surface area contributed by atoms with Crippen molar-refractivity contribution in [1.82, 2.24) is 15.6 Å². The lowest BCUT2D eigenvalue weighted by Gasteiger charge is -2.11. The predicted octanol–water partition coefficient (Wildman–Crippen LogP) is -0.191. The molecule has 1 aliphatic rings. The fourth-order valence-corrected chi connectivity index (χ4v) is 1.61. The third kappa shape index (κ3) is 3.51. The Morgan fingerprint density at radius 3 is 3.24 bits per heavy atom. The van der Waals surface area contributed by atoms with E-state index in [1.165, 1.54) is 5.69 Å². The number of guanidine groups is 2. The summed E-state index contributed by atoms with van der Waals surface area (Å²) in [5.74, 6) is 1.11. The smallest absolute Gasteiger partial charge is 0.198 e. The van der Waals surface area contributed by atoms with Crippen LogP contribution in [0, 0.1) is 0 Å². The lowest BCUT2D eigenvalue weighted by Crippen LogP contribution is -2.45. The van der Waals surface area contributed by atoms with Crippen molar-refractivity contribution < 1.29 is 0 Å². The molecular weight excluding hydrogens is 216 g/mol. The van der Waals surface area contributed by atoms with Gasteiger partial charge in [-0.3, -0.25) is 15.3 Å². The number of nitrogens with two attached hydrogens (primary N) is 1. The number of hydrogen-bond donors (Lipinski definition) is 4. The number of aromatic amines is 1. The van der Waals surface area contributed by atoms with Gasteiger partial charge in [-0.15, -0.1) is 0 Å². The van der Waals surface area contributed by atoms with Crippen molar-refractivity contribution in [3.8, 4) is 0 Å². The van der Waals surface area contributed by atoms with Crippen LogP contribution in [0.4, 0.5) is 0 Å². The van der Waals surface area contributed by atoms with Gasteiger partial charge in [0.05, 0.1) is 6.54 Å². The van der Waals surface area contributed by atoms with Crippen molar-refractivity contribution in [1.29, 1.82) is 0 Å². The topological polar surface area (TPSA) is 90.6 Å². The number of hydrogen-bond acceptors (Lipinski definition) is 3. The minimum absolute atomic E-state index is 0.243. The molecule has 0 aromatic carbocycles. The van der Waals surface area contributed by atoms with Gasteiger partial charge in [-0.2, -0.15) is 0 Å². The number of aromatic nitrogens is 1. The summed E-state index contributed by atoms with van der Waals surface area (Å²) in [6.45, 7) is 3.41. The minimum atomic E-state index is 0.243. The molecule has 1 aromatic rings. The summed E-state index contributed by atoms with van der Waals surface area (Å²) < 4.78 is 0. The second-order valence-corrected chi connectivity index (χ2v) is 4.07. The molecule has 17 heavy (non-hydrogen) atoms. The summed E-state index contributed by atoms with van der Waals surface area (Å²) >= 11 is 0. The quantitative estimate of drug-likeness (QED) is 0.584. The van der Waals surface area contributed by atoms with Crippen molar-refractivity contribution in [2.24, 2.45) is 15.7 Å². The van der Waals surface area contributed by atoms with Crippen LogP contribution in [0.1, 0.15) is 12.6 Å². The van der Waals surface area contributed by atoms with Gasteiger partial charge in [-0.05, 0) is 19.1 Å². The zero-order chi connectivity index (χ0) is 12.1. The van der Waals surface area contributed by atoms with Crippen LogP contribution < -0.4 is 16.4 Å². The first kappa shape index (κ1) is 11.5. The Kier molecular flexibility index (Phi) is 3.64. The highest BCUT2D eigenvalue weighted by Crippen LogP contribution is 1.96. The monoisotopic (exact) mass is 234 g/mol. The Bertz CT molecular complexity index is 406. The zero-order valence-electron chi connectivity index (χ0n) is 9.90. The maximum atomic E-state index is 5.67. The van der Waals surface area contributed by atoms with Crippen LogP contribution in [0.25, 0.3) is 0 Å². The third-order valence-electron chi connectivity index (χ3n) is 2.48. The molecule has 6 nitrogen and oxygen atoms in total. The molecule has 0 radical (unpaired) electrons. The number of rotatable bonds is 3. The Morgan fingerprint density at radius 1 is 1.59 bits per heavy atom. The molecule has 1 atom stereocenters. The number of H-pyrrole nitrogens is 1. The summed E-state index contributed by atoms with van der Waals surface area (Å²) in [4.78, 5) is 11.7. The number of aliphatic imine (C=N–C) groups is 2. The first-order valence-electron chi connectivity index (χ1n) is 5.74. The Balaban J connectivity index is 1.89. The zero-order valence-corrected chi connectivity index (χ0v) is 9.90. The van der Waals surface area contributed by atoms with E-state index in [1.54, 1.807) is 0 Å². The van der Waals surface area contributed by atoms with Crippen LogP contribution in [0.15, 0.2) is 28.3 Å². The number of nitrogens with zero attached hydrogens (tertiary/aromatic N) is 2. The molecule has 0 bridgehead atoms. The van der Waals surface area contributed by atoms with E-state index in [-0.39, 0.29) is 6.04 Å². The minimum Gasteiger partial charge on any atom is -0.370 e. The highest BCUT2D eigenvalue weighted by atomic mass is 15.3. The van der Waals surface area contributed by atoms with Crippen LogP contribution in [0.3, 0.4) is 0 Å². The van der Waals surface area contributed by atoms with Gasteiger partial charge < -0.3 is 16.0 Å². The van der Waals surface area contributed by atoms with Gasteiger partial charge >= 0.3 is 0 Å². The Labute approximate surface area is 100 Å². The molecule has 0 saturated carbocycles. The van der Waals surface area contributed by atoms with Crippen molar-refractivity contribution in [3.63, 3.8) is 0 Å². The van der Waals surface area contributed by atoms with Gasteiger partial charge in [0.25, 0.3) is 0 Å². The fourth-order valence-electron chi connectivity index (χ4n) is 1.61. The molecule has 0 spiro atoms. The summed E-state index contributed by atoms with van der Waals surface area (Å²) in [6.07, 6.45) is 2.79. The van der Waals surface area contributed by atoms with E-state index < -0.39 is 0 Å². The van der Waals surface area contributed by atoms with Crippen molar-refractivity contribution in [2.45, 2.75) is 19.4 Å². The molecule has 1 unspecified atom stereocenters. The van der Waals surface area contributed by atoms with Crippen LogP contribution in [0.2, 0.25) is 0 Å². The van der Waals surface area contributed by atoms with Gasteiger partial charge in [0.15, 0.2) is 11.9 Å². The van der Waals surface area contributed by atoms with Crippen LogP contribution >= 0.6 is 0 Å². The van der Waals surface area contributed by atoms with E-state index >= 15 is 0 Å². The van der Waals surface area contributed by atoms with Crippen molar-refractivity contribution in [2.75, 3.05) is 13.1 Å².